The molecule has 0 fully saturated rings. The van der Waals surface area contributed by atoms with Crippen LogP contribution < -0.4 is 63.8 Å². The second-order valence-corrected chi connectivity index (χ2v) is 19.5. The summed E-state index contributed by atoms with van der Waals surface area (Å²) in [6.45, 7) is 13.4. The molecule has 0 spiro atoms. The molecule has 0 atom stereocenters. The number of amides is 9. The Hall–Kier alpha value is -7.74. The van der Waals surface area contributed by atoms with Crippen LogP contribution in [0.1, 0.15) is 57.1 Å². The summed E-state index contributed by atoms with van der Waals surface area (Å²) in [4.78, 5) is 94.2. The molecule has 81 heavy (non-hydrogen) atoms. The number of benzene rings is 3. The standard InChI is InChI=1S/3C17H20Cl2N6O2/c3*1-10-8-15(21-7-3-6-20-11(2)26)24-16(22-10)25-17(27)23-12-4-5-13(18)14(19)9-12/h3*4-5,8-9H,3,6-7H2,1-2H3,(H,20,26)(H3,21,22,23,24,25,27). The van der Waals surface area contributed by atoms with Gasteiger partial charge in [0.05, 0.1) is 30.1 Å². The summed E-state index contributed by atoms with van der Waals surface area (Å²) in [7, 11) is 0. The molecule has 30 heteroatoms. The Morgan fingerprint density at radius 1 is 0.346 bits per heavy atom. The predicted molar refractivity (Wildman–Crippen MR) is 323 cm³/mol. The number of halogens is 6. The number of hydrogen-bond acceptors (Lipinski definition) is 15. The molecule has 9 amide bonds. The summed E-state index contributed by atoms with van der Waals surface area (Å²) in [5.41, 5.74) is 3.56. The van der Waals surface area contributed by atoms with Gasteiger partial charge in [0.1, 0.15) is 17.5 Å². The smallest absolute Gasteiger partial charge is 0.326 e. The van der Waals surface area contributed by atoms with Gasteiger partial charge in [0.25, 0.3) is 0 Å². The van der Waals surface area contributed by atoms with Crippen LogP contribution in [0.25, 0.3) is 0 Å². The third kappa shape index (κ3) is 26.9. The van der Waals surface area contributed by atoms with Gasteiger partial charge >= 0.3 is 18.1 Å². The van der Waals surface area contributed by atoms with Crippen LogP contribution in [0, 0.1) is 20.8 Å². The SMILES string of the molecule is CC(=O)NCCCNc1cc(C)nc(NC(=O)Nc2ccc(Cl)c(Cl)c2)n1.CC(=O)NCCCNc1cc(C)nc(NC(=O)Nc2ccc(Cl)c(Cl)c2)n1.CC(=O)NCCCNc1cc(C)nc(NC(=O)Nc2ccc(Cl)c(Cl)c2)n1. The number of aromatic nitrogens is 6. The van der Waals surface area contributed by atoms with Crippen molar-refractivity contribution in [2.24, 2.45) is 0 Å². The summed E-state index contributed by atoms with van der Waals surface area (Å²) in [6, 6.07) is 18.1. The van der Waals surface area contributed by atoms with Crippen LogP contribution in [0.15, 0.2) is 72.8 Å². The van der Waals surface area contributed by atoms with Crippen molar-refractivity contribution >= 4 is 158 Å². The molecule has 3 heterocycles. The summed E-state index contributed by atoms with van der Waals surface area (Å²) in [5.74, 6) is 2.04. The molecule has 24 nitrogen and oxygen atoms in total. The number of hydrogen-bond donors (Lipinski definition) is 12. The van der Waals surface area contributed by atoms with E-state index in [1.54, 1.807) is 93.6 Å². The maximum atomic E-state index is 12.1. The molecule has 0 unspecified atom stereocenters. The molecule has 6 rings (SSSR count). The lowest BCUT2D eigenvalue weighted by atomic mass is 10.3. The minimum Gasteiger partial charge on any atom is -0.370 e. The molecule has 0 saturated heterocycles. The Morgan fingerprint density at radius 3 is 0.840 bits per heavy atom. The summed E-state index contributed by atoms with van der Waals surface area (Å²) >= 11 is 35.3. The number of carbonyl (C=O) groups excluding carboxylic acids is 6. The Bertz CT molecular complexity index is 2820. The van der Waals surface area contributed by atoms with E-state index in [1.165, 1.54) is 20.8 Å². The lowest BCUT2D eigenvalue weighted by Gasteiger charge is -2.10. The number of urea groups is 3. The van der Waals surface area contributed by atoms with Crippen molar-refractivity contribution in [1.82, 2.24) is 45.9 Å². The maximum absolute atomic E-state index is 12.1. The zero-order chi connectivity index (χ0) is 59.4. The minimum absolute atomic E-state index is 0.0626. The molecule has 6 aromatic rings. The van der Waals surface area contributed by atoms with Gasteiger partial charge in [-0.25, -0.2) is 29.3 Å². The first kappa shape index (κ1) is 65.8. The number of anilines is 9. The molecule has 3 aromatic heterocycles. The summed E-state index contributed by atoms with van der Waals surface area (Å²) in [5, 5.41) is 35.4. The first-order chi connectivity index (χ1) is 38.5. The third-order valence-corrected chi connectivity index (χ3v) is 12.1. The Morgan fingerprint density at radius 2 is 0.605 bits per heavy atom. The molecule has 0 saturated carbocycles. The van der Waals surface area contributed by atoms with Gasteiger partial charge in [0, 0.05) is 112 Å². The summed E-state index contributed by atoms with van der Waals surface area (Å²) < 4.78 is 0. The van der Waals surface area contributed by atoms with Crippen LogP contribution in [0.2, 0.25) is 30.1 Å². The highest BCUT2D eigenvalue weighted by molar-refractivity contribution is 6.43. The van der Waals surface area contributed by atoms with Crippen LogP contribution in [-0.4, -0.2) is 105 Å². The highest BCUT2D eigenvalue weighted by atomic mass is 35.5. The van der Waals surface area contributed by atoms with Crippen molar-refractivity contribution in [2.75, 3.05) is 87.1 Å². The van der Waals surface area contributed by atoms with E-state index in [1.807, 2.05) is 0 Å². The zero-order valence-corrected chi connectivity index (χ0v) is 49.2. The van der Waals surface area contributed by atoms with Gasteiger partial charge in [-0.1, -0.05) is 69.6 Å². The molecule has 0 aliphatic rings. The van der Waals surface area contributed by atoms with Crippen LogP contribution >= 0.6 is 69.6 Å². The molecule has 432 valence electrons. The van der Waals surface area contributed by atoms with E-state index in [9.17, 15) is 28.8 Å². The lowest BCUT2D eigenvalue weighted by molar-refractivity contribution is -0.119. The van der Waals surface area contributed by atoms with Crippen LogP contribution in [0.3, 0.4) is 0 Å². The van der Waals surface area contributed by atoms with Gasteiger partial charge in [0.15, 0.2) is 0 Å². The number of nitrogens with one attached hydrogen (secondary N) is 12. The highest BCUT2D eigenvalue weighted by Gasteiger charge is 2.12. The van der Waals surface area contributed by atoms with Gasteiger partial charge < -0.3 is 47.9 Å². The van der Waals surface area contributed by atoms with Crippen LogP contribution in [0.4, 0.5) is 66.7 Å². The molecule has 3 aromatic carbocycles. The monoisotopic (exact) mass is 1230 g/mol. The number of nitrogens with zero attached hydrogens (tertiary/aromatic N) is 6. The van der Waals surface area contributed by atoms with Crippen molar-refractivity contribution in [3.63, 3.8) is 0 Å². The first-order valence-electron chi connectivity index (χ1n) is 24.6. The van der Waals surface area contributed by atoms with Crippen molar-refractivity contribution in [3.8, 4) is 0 Å². The molecule has 0 aliphatic carbocycles. The number of aryl methyl sites for hydroxylation is 3. The normalized spacial score (nSPS) is 10.2. The van der Waals surface area contributed by atoms with E-state index in [0.29, 0.717) is 121 Å². The van der Waals surface area contributed by atoms with Gasteiger partial charge in [-0.15, -0.1) is 0 Å². The molecular formula is C51H60Cl6N18O6. The molecule has 0 bridgehead atoms. The molecule has 0 aliphatic heterocycles. The molecule has 12 N–H and O–H groups in total. The average molecular weight is 1230 g/mol. The van der Waals surface area contributed by atoms with E-state index >= 15 is 0 Å². The zero-order valence-electron chi connectivity index (χ0n) is 44.7. The van der Waals surface area contributed by atoms with Gasteiger partial charge in [-0.2, -0.15) is 15.0 Å². The van der Waals surface area contributed by atoms with Crippen molar-refractivity contribution in [2.45, 2.75) is 60.8 Å². The highest BCUT2D eigenvalue weighted by Crippen LogP contribution is 2.27. The fourth-order valence-corrected chi connectivity index (χ4v) is 7.26. The average Bonchev–Trinajstić information content (AvgIpc) is 3.38. The largest absolute Gasteiger partial charge is 0.370 e. The minimum atomic E-state index is -0.504. The van der Waals surface area contributed by atoms with E-state index in [4.69, 9.17) is 69.6 Å². The fourth-order valence-electron chi connectivity index (χ4n) is 6.37. The quantitative estimate of drug-likeness (QED) is 0.0298. The second kappa shape index (κ2) is 34.4. The van der Waals surface area contributed by atoms with Crippen LogP contribution in [-0.2, 0) is 14.4 Å². The van der Waals surface area contributed by atoms with E-state index in [2.05, 4.69) is 93.7 Å². The van der Waals surface area contributed by atoms with Gasteiger partial charge in [0.2, 0.25) is 35.6 Å². The number of carbonyl (C=O) groups is 6. The van der Waals surface area contributed by atoms with Crippen molar-refractivity contribution in [1.29, 1.82) is 0 Å². The van der Waals surface area contributed by atoms with E-state index in [0.717, 1.165) is 19.3 Å². The lowest BCUT2D eigenvalue weighted by Crippen LogP contribution is -2.23. The van der Waals surface area contributed by atoms with Gasteiger partial charge in [-0.3, -0.25) is 30.3 Å². The van der Waals surface area contributed by atoms with Gasteiger partial charge in [-0.05, 0) is 94.6 Å². The van der Waals surface area contributed by atoms with Crippen molar-refractivity contribution in [3.05, 3.63) is 120 Å². The fraction of sp³-hybridized carbons (Fsp3) is 0.294. The second-order valence-electron chi connectivity index (χ2n) is 17.1. The van der Waals surface area contributed by atoms with E-state index < -0.39 is 18.1 Å². The first-order valence-corrected chi connectivity index (χ1v) is 26.9. The summed E-state index contributed by atoms with van der Waals surface area (Å²) in [6.07, 6.45) is 2.22. The Labute approximate surface area is 497 Å². The topological polar surface area (TPSA) is 324 Å². The van der Waals surface area contributed by atoms with E-state index in [-0.39, 0.29) is 35.6 Å². The number of rotatable bonds is 21. The Kier molecular flexibility index (Phi) is 27.9. The maximum Gasteiger partial charge on any atom is 0.326 e. The molecular weight excluding hydrogens is 1170 g/mol. The Balaban J connectivity index is 0.000000261. The third-order valence-electron chi connectivity index (χ3n) is 9.87. The van der Waals surface area contributed by atoms with Crippen molar-refractivity contribution < 1.29 is 28.8 Å². The molecule has 0 radical (unpaired) electrons. The predicted octanol–water partition coefficient (Wildman–Crippen LogP) is 11.0. The van der Waals surface area contributed by atoms with Crippen LogP contribution in [0.5, 0.6) is 0 Å².